The number of nitrogens with one attached hydrogen (secondary N) is 2. The van der Waals surface area contributed by atoms with Crippen LogP contribution in [0, 0.1) is 18.4 Å². The molecule has 0 radical (unpaired) electrons. The lowest BCUT2D eigenvalue weighted by atomic mass is 9.64. The average Bonchev–Trinajstić information content (AvgIpc) is 3.75. The molecule has 5 aliphatic heterocycles. The Morgan fingerprint density at radius 3 is 2.35 bits per heavy atom. The van der Waals surface area contributed by atoms with E-state index in [1.54, 1.807) is 36.9 Å². The fourth-order valence-electron chi connectivity index (χ4n) is 9.04. The Morgan fingerprint density at radius 1 is 0.964 bits per heavy atom. The van der Waals surface area contributed by atoms with Crippen LogP contribution in [-0.4, -0.2) is 87.4 Å². The zero-order valence-corrected chi connectivity index (χ0v) is 30.2. The van der Waals surface area contributed by atoms with Gasteiger partial charge in [-0.25, -0.2) is 4.85 Å². The molecule has 1 saturated carbocycles. The summed E-state index contributed by atoms with van der Waals surface area (Å²) in [5.41, 5.74) is -0.485. The molecule has 3 atom stereocenters. The average molecular weight is 757 g/mol. The number of alkyl halides is 3. The molecule has 2 bridgehead atoms. The Hall–Kier alpha value is -5.56. The normalized spacial score (nSPS) is 24.7. The number of carbonyl (C=O) groups excluding carboxylic acids is 5. The monoisotopic (exact) mass is 756 g/mol. The van der Waals surface area contributed by atoms with Crippen LogP contribution in [0.3, 0.4) is 0 Å². The van der Waals surface area contributed by atoms with Crippen molar-refractivity contribution in [2.75, 3.05) is 36.4 Å². The number of rotatable bonds is 7. The van der Waals surface area contributed by atoms with Crippen LogP contribution >= 0.6 is 0 Å². The summed E-state index contributed by atoms with van der Waals surface area (Å²) in [4.78, 5) is 72.7. The number of carbonyl (C=O) groups is 5. The van der Waals surface area contributed by atoms with E-state index in [0.717, 1.165) is 73.7 Å². The predicted octanol–water partition coefficient (Wildman–Crippen LogP) is 4.93. The van der Waals surface area contributed by atoms with Crippen LogP contribution < -0.4 is 15.5 Å². The van der Waals surface area contributed by atoms with E-state index in [1.165, 1.54) is 6.07 Å². The van der Waals surface area contributed by atoms with Gasteiger partial charge in [0.25, 0.3) is 17.7 Å². The van der Waals surface area contributed by atoms with Crippen molar-refractivity contribution in [3.05, 3.63) is 82.5 Å². The molecule has 0 spiro atoms. The molecule has 2 aromatic carbocycles. The highest BCUT2D eigenvalue weighted by molar-refractivity contribution is 6.23. The highest BCUT2D eigenvalue weighted by atomic mass is 19.4. The first-order chi connectivity index (χ1) is 26.1. The van der Waals surface area contributed by atoms with E-state index in [0.29, 0.717) is 17.9 Å². The number of piperidine rings is 4. The zero-order chi connectivity index (χ0) is 39.0. The lowest BCUT2D eigenvalue weighted by Crippen LogP contribution is -2.65. The number of anilines is 2. The fraction of sp³-hybridized carbons (Fsp3) is 0.462. The van der Waals surface area contributed by atoms with Gasteiger partial charge in [0.1, 0.15) is 11.6 Å². The summed E-state index contributed by atoms with van der Waals surface area (Å²) in [5, 5.41) is 9.28. The van der Waals surface area contributed by atoms with Crippen LogP contribution in [0.25, 0.3) is 4.85 Å². The summed E-state index contributed by atoms with van der Waals surface area (Å²) in [5.74, 6) is -1.47. The highest BCUT2D eigenvalue weighted by Gasteiger charge is 2.51. The minimum atomic E-state index is -4.73. The smallest absolute Gasteiger partial charge is 0.371 e. The molecule has 3 unspecified atom stereocenters. The molecule has 13 nitrogen and oxygen atoms in total. The van der Waals surface area contributed by atoms with Crippen LogP contribution in [0.1, 0.15) is 83.7 Å². The molecule has 6 heterocycles. The summed E-state index contributed by atoms with van der Waals surface area (Å²) in [6, 6.07) is 7.84. The number of nitrogens with zero attached hydrogens (tertiary/aromatic N) is 6. The van der Waals surface area contributed by atoms with E-state index in [4.69, 9.17) is 6.57 Å². The molecule has 55 heavy (non-hydrogen) atoms. The SMILES string of the molecule is [C-]#[N+]c1ccc(NC(=O)C(C)(C)n2cc(C3CCN(C4C5CC4CN(c4ccc6c(c4)C(=O)N(C4CCC(=O)NC4=O)C6=O)C5)CC3)cn2)cc1C(F)(F)F. The highest BCUT2D eigenvalue weighted by Crippen LogP contribution is 2.47. The topological polar surface area (TPSA) is 141 Å². The molecule has 5 amide bonds. The number of benzene rings is 2. The minimum absolute atomic E-state index is 0.0568. The van der Waals surface area contributed by atoms with Gasteiger partial charge in [-0.15, -0.1) is 0 Å². The number of hydrogen-bond donors (Lipinski definition) is 2. The summed E-state index contributed by atoms with van der Waals surface area (Å²) in [7, 11) is 0. The first-order valence-electron chi connectivity index (χ1n) is 18.4. The van der Waals surface area contributed by atoms with Gasteiger partial charge in [0, 0.05) is 43.1 Å². The lowest BCUT2D eigenvalue weighted by Gasteiger charge is -2.59. The van der Waals surface area contributed by atoms with Crippen molar-refractivity contribution in [3.63, 3.8) is 0 Å². The molecule has 6 aliphatic rings. The van der Waals surface area contributed by atoms with E-state index in [9.17, 15) is 37.1 Å². The van der Waals surface area contributed by atoms with Crippen LogP contribution in [-0.2, 0) is 26.1 Å². The molecule has 16 heteroatoms. The van der Waals surface area contributed by atoms with Crippen LogP contribution in [0.15, 0.2) is 48.8 Å². The van der Waals surface area contributed by atoms with Crippen molar-refractivity contribution in [2.24, 2.45) is 11.8 Å². The predicted molar refractivity (Wildman–Crippen MR) is 192 cm³/mol. The number of imide groups is 2. The summed E-state index contributed by atoms with van der Waals surface area (Å²) in [6.45, 7) is 13.8. The summed E-state index contributed by atoms with van der Waals surface area (Å²) >= 11 is 0. The molecular weight excluding hydrogens is 717 g/mol. The van der Waals surface area contributed by atoms with Gasteiger partial charge in [0.2, 0.25) is 11.8 Å². The van der Waals surface area contributed by atoms with Gasteiger partial charge in [-0.2, -0.15) is 18.3 Å². The standard InChI is InChI=1S/C39H39F3N8O5/c1-38(2,37(55)45-25-4-7-30(43-3)29(15-25)39(40,41)42)49-20-24(17-44-49)21-10-12-47(13-11-21)33-22-14-23(33)19-48(18-22)26-5-6-27-28(16-26)36(54)50(35(27)53)31-8-9-32(51)46-34(31)52/h4-7,15-17,20-23,31,33H,8-14,18-19H2,1-2H3,(H,45,55)(H,46,51,52). The second kappa shape index (κ2) is 13.3. The second-order valence-electron chi connectivity index (χ2n) is 15.7. The van der Waals surface area contributed by atoms with Crippen molar-refractivity contribution in [2.45, 2.75) is 75.7 Å². The minimum Gasteiger partial charge on any atom is -0.371 e. The van der Waals surface area contributed by atoms with E-state index in [-0.39, 0.29) is 35.6 Å². The van der Waals surface area contributed by atoms with Gasteiger partial charge >= 0.3 is 6.18 Å². The molecule has 9 rings (SSSR count). The number of halogens is 3. The number of hydrogen-bond acceptors (Lipinski definition) is 8. The number of fused-ring (bicyclic) bond motifs is 3. The molecule has 1 aliphatic carbocycles. The van der Waals surface area contributed by atoms with Crippen LogP contribution in [0.4, 0.5) is 30.2 Å². The first kappa shape index (κ1) is 36.4. The Kier molecular flexibility index (Phi) is 8.83. The van der Waals surface area contributed by atoms with Crippen LogP contribution in [0.2, 0.25) is 0 Å². The van der Waals surface area contributed by atoms with E-state index >= 15 is 0 Å². The van der Waals surface area contributed by atoms with Gasteiger partial charge in [-0.1, -0.05) is 6.07 Å². The van der Waals surface area contributed by atoms with Crippen molar-refractivity contribution in [3.8, 4) is 0 Å². The van der Waals surface area contributed by atoms with E-state index in [1.807, 2.05) is 12.3 Å². The number of aromatic nitrogens is 2. The van der Waals surface area contributed by atoms with Gasteiger partial charge in [0.05, 0.1) is 29.5 Å². The van der Waals surface area contributed by atoms with Gasteiger partial charge in [-0.3, -0.25) is 43.8 Å². The maximum Gasteiger partial charge on any atom is 0.407 e. The molecule has 5 fully saturated rings. The van der Waals surface area contributed by atoms with Crippen molar-refractivity contribution >= 4 is 46.6 Å². The Bertz CT molecular complexity index is 2160. The summed E-state index contributed by atoms with van der Waals surface area (Å²) in [6.07, 6.45) is 2.00. The maximum absolute atomic E-state index is 13.5. The van der Waals surface area contributed by atoms with Gasteiger partial charge in [-0.05, 0) is 106 Å². The van der Waals surface area contributed by atoms with Gasteiger partial charge < -0.3 is 10.2 Å². The summed E-state index contributed by atoms with van der Waals surface area (Å²) < 4.78 is 42.0. The Balaban J connectivity index is 0.862. The molecule has 2 N–H and O–H groups in total. The first-order valence-corrected chi connectivity index (χ1v) is 18.4. The lowest BCUT2D eigenvalue weighted by molar-refractivity contribution is -0.137. The van der Waals surface area contributed by atoms with Gasteiger partial charge in [0.15, 0.2) is 5.69 Å². The number of likely N-dealkylation sites (tertiary alicyclic amines) is 1. The van der Waals surface area contributed by atoms with Crippen molar-refractivity contribution in [1.82, 2.24) is 24.9 Å². The Morgan fingerprint density at radius 2 is 1.67 bits per heavy atom. The van der Waals surface area contributed by atoms with E-state index in [2.05, 4.69) is 30.4 Å². The second-order valence-corrected chi connectivity index (χ2v) is 15.7. The van der Waals surface area contributed by atoms with E-state index < -0.39 is 58.5 Å². The molecule has 3 aromatic rings. The van der Waals surface area contributed by atoms with Crippen molar-refractivity contribution in [1.29, 1.82) is 0 Å². The molecule has 1 aromatic heterocycles. The maximum atomic E-state index is 13.5. The van der Waals surface area contributed by atoms with Crippen molar-refractivity contribution < 1.29 is 37.1 Å². The molecule has 286 valence electrons. The zero-order valence-electron chi connectivity index (χ0n) is 30.2. The quantitative estimate of drug-likeness (QED) is 0.256. The third kappa shape index (κ3) is 6.33. The largest absolute Gasteiger partial charge is 0.407 e. The van der Waals surface area contributed by atoms with Crippen LogP contribution in [0.5, 0.6) is 0 Å². The molecule has 4 saturated heterocycles. The third-order valence-corrected chi connectivity index (χ3v) is 12.1. The number of amides is 5. The Labute approximate surface area is 314 Å². The third-order valence-electron chi connectivity index (χ3n) is 12.1. The fourth-order valence-corrected chi connectivity index (χ4v) is 9.04. The molecular formula is C39H39F3N8O5.